The number of carbonyl (C=O) groups excluding carboxylic acids is 1. The number of aromatic nitrogens is 4. The average Bonchev–Trinajstić information content (AvgIpc) is 3.10. The Morgan fingerprint density at radius 2 is 1.85 bits per heavy atom. The normalized spacial score (nSPS) is 15.2. The second kappa shape index (κ2) is 7.29. The Kier molecular flexibility index (Phi) is 4.71. The van der Waals surface area contributed by atoms with Gasteiger partial charge in [-0.2, -0.15) is 0 Å². The third-order valence-electron chi connectivity index (χ3n) is 4.69. The molecule has 0 radical (unpaired) electrons. The second-order valence-corrected chi connectivity index (χ2v) is 7.39. The van der Waals surface area contributed by atoms with Gasteiger partial charge in [0.15, 0.2) is 0 Å². The number of likely N-dealkylation sites (tertiary alicyclic amines) is 1. The molecule has 0 aromatic carbocycles. The molecule has 1 fully saturated rings. The van der Waals surface area contributed by atoms with Gasteiger partial charge in [-0.05, 0) is 38.0 Å². The van der Waals surface area contributed by atoms with E-state index in [2.05, 4.69) is 15.0 Å². The fourth-order valence-corrected chi connectivity index (χ4v) is 4.47. The van der Waals surface area contributed by atoms with Gasteiger partial charge in [-0.25, -0.2) is 15.0 Å². The van der Waals surface area contributed by atoms with Crippen LogP contribution in [0, 0.1) is 6.92 Å². The van der Waals surface area contributed by atoms with Crippen molar-refractivity contribution >= 4 is 17.2 Å². The number of carbonyl (C=O) groups is 1. The SMILES string of the molecule is Cc1nc(C2CCN(C(=O)c3ccncc3)CC2)sc1-c1ccncn1. The largest absolute Gasteiger partial charge is 0.339 e. The van der Waals surface area contributed by atoms with Gasteiger partial charge in [-0.15, -0.1) is 11.3 Å². The predicted molar refractivity (Wildman–Crippen MR) is 100.0 cm³/mol. The van der Waals surface area contributed by atoms with Crippen LogP contribution in [0.4, 0.5) is 0 Å². The molecule has 0 saturated carbocycles. The smallest absolute Gasteiger partial charge is 0.253 e. The molecule has 0 atom stereocenters. The van der Waals surface area contributed by atoms with Crippen LogP contribution in [-0.4, -0.2) is 43.8 Å². The van der Waals surface area contributed by atoms with Crippen LogP contribution in [0.25, 0.3) is 10.6 Å². The van der Waals surface area contributed by atoms with Crippen LogP contribution in [0.1, 0.15) is 39.8 Å². The van der Waals surface area contributed by atoms with Crippen LogP contribution >= 0.6 is 11.3 Å². The first kappa shape index (κ1) is 16.8. The molecule has 132 valence electrons. The minimum atomic E-state index is 0.0860. The van der Waals surface area contributed by atoms with Crippen molar-refractivity contribution < 1.29 is 4.79 Å². The molecule has 0 aliphatic carbocycles. The number of piperidine rings is 1. The van der Waals surface area contributed by atoms with Gasteiger partial charge in [0.2, 0.25) is 0 Å². The molecule has 0 spiro atoms. The molecule has 4 rings (SSSR count). The van der Waals surface area contributed by atoms with Crippen LogP contribution < -0.4 is 0 Å². The summed E-state index contributed by atoms with van der Waals surface area (Å²) in [5.41, 5.74) is 2.64. The van der Waals surface area contributed by atoms with E-state index in [1.807, 2.05) is 17.9 Å². The molecule has 3 aromatic heterocycles. The molecule has 1 saturated heterocycles. The van der Waals surface area contributed by atoms with Crippen LogP contribution in [0.2, 0.25) is 0 Å². The summed E-state index contributed by atoms with van der Waals surface area (Å²) in [6, 6.07) is 5.46. The number of amides is 1. The first-order chi connectivity index (χ1) is 12.7. The summed E-state index contributed by atoms with van der Waals surface area (Å²) < 4.78 is 0. The van der Waals surface area contributed by atoms with E-state index >= 15 is 0 Å². The first-order valence-corrected chi connectivity index (χ1v) is 9.47. The molecule has 4 heterocycles. The third kappa shape index (κ3) is 3.35. The number of hydrogen-bond acceptors (Lipinski definition) is 6. The minimum absolute atomic E-state index is 0.0860. The van der Waals surface area contributed by atoms with E-state index in [0.717, 1.165) is 47.2 Å². The molecule has 3 aromatic rings. The zero-order valence-corrected chi connectivity index (χ0v) is 15.3. The number of nitrogens with zero attached hydrogens (tertiary/aromatic N) is 5. The quantitative estimate of drug-likeness (QED) is 0.712. The van der Waals surface area contributed by atoms with Crippen molar-refractivity contribution in [2.45, 2.75) is 25.7 Å². The lowest BCUT2D eigenvalue weighted by Gasteiger charge is -2.31. The van der Waals surface area contributed by atoms with Gasteiger partial charge in [-0.1, -0.05) is 0 Å². The minimum Gasteiger partial charge on any atom is -0.339 e. The van der Waals surface area contributed by atoms with Gasteiger partial charge in [0, 0.05) is 43.2 Å². The number of aryl methyl sites for hydroxylation is 1. The van der Waals surface area contributed by atoms with Crippen LogP contribution in [0.15, 0.2) is 43.1 Å². The zero-order chi connectivity index (χ0) is 17.9. The molecule has 7 heteroatoms. The van der Waals surface area contributed by atoms with E-state index in [4.69, 9.17) is 4.98 Å². The van der Waals surface area contributed by atoms with Crippen molar-refractivity contribution in [3.8, 4) is 10.6 Å². The summed E-state index contributed by atoms with van der Waals surface area (Å²) >= 11 is 1.71. The fourth-order valence-electron chi connectivity index (χ4n) is 3.26. The lowest BCUT2D eigenvalue weighted by molar-refractivity contribution is 0.0713. The van der Waals surface area contributed by atoms with Gasteiger partial charge in [0.1, 0.15) is 6.33 Å². The van der Waals surface area contributed by atoms with Gasteiger partial charge in [0.05, 0.1) is 21.3 Å². The molecule has 0 N–H and O–H groups in total. The summed E-state index contributed by atoms with van der Waals surface area (Å²) in [4.78, 5) is 32.7. The maximum atomic E-state index is 12.6. The summed E-state index contributed by atoms with van der Waals surface area (Å²) in [6.45, 7) is 3.54. The van der Waals surface area contributed by atoms with Crippen LogP contribution in [-0.2, 0) is 0 Å². The number of hydrogen-bond donors (Lipinski definition) is 0. The van der Waals surface area contributed by atoms with Crippen molar-refractivity contribution in [2.24, 2.45) is 0 Å². The van der Waals surface area contributed by atoms with Crippen molar-refractivity contribution in [3.05, 3.63) is 59.4 Å². The van der Waals surface area contributed by atoms with Gasteiger partial charge >= 0.3 is 0 Å². The van der Waals surface area contributed by atoms with Gasteiger partial charge in [0.25, 0.3) is 5.91 Å². The van der Waals surface area contributed by atoms with Crippen LogP contribution in [0.3, 0.4) is 0 Å². The molecular weight excluding hydrogens is 346 g/mol. The monoisotopic (exact) mass is 365 g/mol. The Bertz CT molecular complexity index is 889. The maximum absolute atomic E-state index is 12.6. The topological polar surface area (TPSA) is 71.9 Å². The maximum Gasteiger partial charge on any atom is 0.253 e. The lowest BCUT2D eigenvalue weighted by atomic mass is 9.97. The predicted octanol–water partition coefficient (Wildman–Crippen LogP) is 3.32. The first-order valence-electron chi connectivity index (χ1n) is 8.65. The molecular formula is C19H19N5OS. The summed E-state index contributed by atoms with van der Waals surface area (Å²) in [5.74, 6) is 0.485. The highest BCUT2D eigenvalue weighted by Gasteiger charge is 2.27. The average molecular weight is 365 g/mol. The second-order valence-electron chi connectivity index (χ2n) is 6.36. The van der Waals surface area contributed by atoms with E-state index in [-0.39, 0.29) is 5.91 Å². The summed E-state index contributed by atoms with van der Waals surface area (Å²) in [5, 5.41) is 1.15. The number of rotatable bonds is 3. The summed E-state index contributed by atoms with van der Waals surface area (Å²) in [7, 11) is 0. The van der Waals surface area contributed by atoms with Gasteiger partial charge in [-0.3, -0.25) is 9.78 Å². The Morgan fingerprint density at radius 3 is 2.54 bits per heavy atom. The van der Waals surface area contributed by atoms with Crippen molar-refractivity contribution in [1.82, 2.24) is 24.8 Å². The zero-order valence-electron chi connectivity index (χ0n) is 14.5. The summed E-state index contributed by atoms with van der Waals surface area (Å²) in [6.07, 6.45) is 8.52. The highest BCUT2D eigenvalue weighted by molar-refractivity contribution is 7.15. The van der Waals surface area contributed by atoms with Crippen molar-refractivity contribution in [2.75, 3.05) is 13.1 Å². The standard InChI is InChI=1S/C19H19N5OS/c1-13-17(16-4-9-21-12-22-16)26-18(23-13)14-5-10-24(11-6-14)19(25)15-2-7-20-8-3-15/h2-4,7-9,12,14H,5-6,10-11H2,1H3. The molecule has 1 aliphatic rings. The molecule has 0 unspecified atom stereocenters. The van der Waals surface area contributed by atoms with Gasteiger partial charge < -0.3 is 4.90 Å². The Hall–Kier alpha value is -2.67. The van der Waals surface area contributed by atoms with Crippen molar-refractivity contribution in [1.29, 1.82) is 0 Å². The molecule has 1 aliphatic heterocycles. The van der Waals surface area contributed by atoms with E-state index in [9.17, 15) is 4.79 Å². The Morgan fingerprint density at radius 1 is 1.12 bits per heavy atom. The Balaban J connectivity index is 1.45. The van der Waals surface area contributed by atoms with Crippen molar-refractivity contribution in [3.63, 3.8) is 0 Å². The molecule has 6 nitrogen and oxygen atoms in total. The molecule has 26 heavy (non-hydrogen) atoms. The number of thiazole rings is 1. The molecule has 1 amide bonds. The fraction of sp³-hybridized carbons (Fsp3) is 0.316. The van der Waals surface area contributed by atoms with E-state index in [1.165, 1.54) is 0 Å². The lowest BCUT2D eigenvalue weighted by Crippen LogP contribution is -2.37. The third-order valence-corrected chi connectivity index (χ3v) is 6.03. The highest BCUT2D eigenvalue weighted by Crippen LogP contribution is 2.36. The Labute approximate surface area is 156 Å². The highest BCUT2D eigenvalue weighted by atomic mass is 32.1. The molecule has 0 bridgehead atoms. The number of pyridine rings is 1. The van der Waals surface area contributed by atoms with Crippen LogP contribution in [0.5, 0.6) is 0 Å². The van der Waals surface area contributed by atoms with E-state index in [1.54, 1.807) is 48.4 Å². The van der Waals surface area contributed by atoms with E-state index < -0.39 is 0 Å². The van der Waals surface area contributed by atoms with E-state index in [0.29, 0.717) is 11.5 Å².